The first-order chi connectivity index (χ1) is 8.77. The molecule has 0 radical (unpaired) electrons. The molecule has 2 rings (SSSR count). The van der Waals surface area contributed by atoms with Crippen LogP contribution in [0.4, 0.5) is 5.69 Å². The van der Waals surface area contributed by atoms with Gasteiger partial charge in [0, 0.05) is 25.3 Å². The number of ether oxygens (including phenoxy) is 1. The molecule has 0 amide bonds. The Kier molecular flexibility index (Phi) is 3.78. The van der Waals surface area contributed by atoms with Crippen molar-refractivity contribution < 1.29 is 9.15 Å². The van der Waals surface area contributed by atoms with E-state index >= 15 is 0 Å². The minimum atomic E-state index is 0.525. The second-order valence-electron chi connectivity index (χ2n) is 3.89. The molecule has 0 saturated carbocycles. The lowest BCUT2D eigenvalue weighted by molar-refractivity contribution is 0.196. The van der Waals surface area contributed by atoms with E-state index in [-0.39, 0.29) is 0 Å². The fraction of sp³-hybridized carbons (Fsp3) is 0.333. The normalized spacial score (nSPS) is 12.2. The third-order valence-electron chi connectivity index (χ3n) is 2.71. The fourth-order valence-electron chi connectivity index (χ4n) is 1.81. The number of anilines is 1. The van der Waals surface area contributed by atoms with Gasteiger partial charge in [0.25, 0.3) is 0 Å². The summed E-state index contributed by atoms with van der Waals surface area (Å²) in [5.74, 6) is 5.92. The lowest BCUT2D eigenvalue weighted by atomic mass is 10.1. The third kappa shape index (κ3) is 2.28. The van der Waals surface area contributed by atoms with Crippen LogP contribution in [0, 0.1) is 0 Å². The van der Waals surface area contributed by atoms with Crippen LogP contribution in [0.1, 0.15) is 18.6 Å². The van der Waals surface area contributed by atoms with E-state index in [2.05, 4.69) is 10.1 Å². The van der Waals surface area contributed by atoms with Crippen molar-refractivity contribution in [3.63, 3.8) is 0 Å². The van der Waals surface area contributed by atoms with E-state index in [9.17, 15) is 0 Å². The van der Waals surface area contributed by atoms with Crippen molar-refractivity contribution >= 4 is 22.4 Å². The van der Waals surface area contributed by atoms with Crippen molar-refractivity contribution in [1.29, 1.82) is 0 Å². The summed E-state index contributed by atoms with van der Waals surface area (Å²) in [4.78, 5) is 3.99. The summed E-state index contributed by atoms with van der Waals surface area (Å²) in [6.45, 7) is 0.640. The van der Waals surface area contributed by atoms with Crippen LogP contribution in [0.5, 0.6) is 0 Å². The number of hydrazone groups is 1. The number of rotatable bonds is 5. The van der Waals surface area contributed by atoms with Crippen LogP contribution in [-0.2, 0) is 4.74 Å². The molecule has 18 heavy (non-hydrogen) atoms. The number of nitrogens with zero attached hydrogens (tertiary/aromatic N) is 2. The molecule has 6 heteroatoms. The monoisotopic (exact) mass is 248 g/mol. The molecule has 6 nitrogen and oxygen atoms in total. The number of hydrogen-bond acceptors (Lipinski definition) is 6. The molecule has 2 aromatic rings. The van der Waals surface area contributed by atoms with Gasteiger partial charge in [-0.3, -0.25) is 4.98 Å². The zero-order valence-electron chi connectivity index (χ0n) is 10.2. The standard InChI is InChI=1S/C12H16N4O2/c1-17-6-2-3-9(16-14)12-11(13)8-4-5-15-7-10(8)18-12/h4-5,7H,2-3,6,13-14H2,1H3. The smallest absolute Gasteiger partial charge is 0.174 e. The molecule has 0 spiro atoms. The molecule has 2 aromatic heterocycles. The van der Waals surface area contributed by atoms with Crippen LogP contribution in [-0.4, -0.2) is 24.4 Å². The highest BCUT2D eigenvalue weighted by molar-refractivity contribution is 6.08. The van der Waals surface area contributed by atoms with E-state index in [1.165, 1.54) is 0 Å². The second-order valence-corrected chi connectivity index (χ2v) is 3.89. The lowest BCUT2D eigenvalue weighted by Crippen LogP contribution is -2.07. The number of methoxy groups -OCH3 is 1. The van der Waals surface area contributed by atoms with Gasteiger partial charge in [-0.05, 0) is 18.9 Å². The Hall–Kier alpha value is -2.08. The maximum Gasteiger partial charge on any atom is 0.174 e. The van der Waals surface area contributed by atoms with E-state index in [4.69, 9.17) is 20.7 Å². The SMILES string of the molecule is COCCCC(=NN)c1oc2cnccc2c1N. The van der Waals surface area contributed by atoms with Gasteiger partial charge < -0.3 is 20.7 Å². The largest absolute Gasteiger partial charge is 0.451 e. The minimum Gasteiger partial charge on any atom is -0.451 e. The average Bonchev–Trinajstić information content (AvgIpc) is 2.73. The number of furan rings is 1. The van der Waals surface area contributed by atoms with Gasteiger partial charge in [-0.1, -0.05) is 0 Å². The Bertz CT molecular complexity index is 562. The number of pyridine rings is 1. The van der Waals surface area contributed by atoms with Gasteiger partial charge >= 0.3 is 0 Å². The Balaban J connectivity index is 2.31. The van der Waals surface area contributed by atoms with Crippen molar-refractivity contribution in [3.8, 4) is 0 Å². The third-order valence-corrected chi connectivity index (χ3v) is 2.71. The number of hydrogen-bond donors (Lipinski definition) is 2. The number of fused-ring (bicyclic) bond motifs is 1. The summed E-state index contributed by atoms with van der Waals surface area (Å²) in [7, 11) is 1.65. The van der Waals surface area contributed by atoms with Gasteiger partial charge in [0.2, 0.25) is 0 Å². The van der Waals surface area contributed by atoms with Gasteiger partial charge in [-0.25, -0.2) is 0 Å². The molecule has 0 aliphatic rings. The Labute approximate surface area is 105 Å². The van der Waals surface area contributed by atoms with Crippen LogP contribution in [0.3, 0.4) is 0 Å². The van der Waals surface area contributed by atoms with Gasteiger partial charge in [0.1, 0.15) is 5.71 Å². The molecule has 0 aliphatic carbocycles. The molecule has 0 unspecified atom stereocenters. The zero-order valence-corrected chi connectivity index (χ0v) is 10.2. The van der Waals surface area contributed by atoms with E-state index < -0.39 is 0 Å². The van der Waals surface area contributed by atoms with Crippen molar-refractivity contribution in [3.05, 3.63) is 24.2 Å². The fourth-order valence-corrected chi connectivity index (χ4v) is 1.81. The molecule has 96 valence electrons. The first-order valence-corrected chi connectivity index (χ1v) is 5.66. The van der Waals surface area contributed by atoms with Gasteiger partial charge in [-0.15, -0.1) is 0 Å². The molecular weight excluding hydrogens is 232 g/mol. The second kappa shape index (κ2) is 5.50. The number of aromatic nitrogens is 1. The van der Waals surface area contributed by atoms with Crippen molar-refractivity contribution in [2.45, 2.75) is 12.8 Å². The molecule has 0 saturated heterocycles. The Morgan fingerprint density at radius 2 is 2.39 bits per heavy atom. The maximum absolute atomic E-state index is 6.03. The first-order valence-electron chi connectivity index (χ1n) is 5.66. The highest BCUT2D eigenvalue weighted by Gasteiger charge is 2.16. The number of nitrogens with two attached hydrogens (primary N) is 2. The van der Waals surface area contributed by atoms with Crippen LogP contribution >= 0.6 is 0 Å². The molecule has 0 fully saturated rings. The van der Waals surface area contributed by atoms with E-state index in [1.54, 1.807) is 25.6 Å². The predicted octanol–water partition coefficient (Wildman–Crippen LogP) is 1.50. The molecule has 0 aromatic carbocycles. The van der Waals surface area contributed by atoms with Gasteiger partial charge in [-0.2, -0.15) is 5.10 Å². The van der Waals surface area contributed by atoms with E-state index in [0.29, 0.717) is 35.8 Å². The van der Waals surface area contributed by atoms with Crippen LogP contribution < -0.4 is 11.6 Å². The Morgan fingerprint density at radius 3 is 3.06 bits per heavy atom. The first kappa shape index (κ1) is 12.4. The number of nitrogen functional groups attached to an aromatic ring is 1. The quantitative estimate of drug-likeness (QED) is 0.361. The Morgan fingerprint density at radius 1 is 1.56 bits per heavy atom. The maximum atomic E-state index is 6.03. The van der Waals surface area contributed by atoms with E-state index in [1.807, 2.05) is 0 Å². The van der Waals surface area contributed by atoms with Crippen molar-refractivity contribution in [1.82, 2.24) is 4.98 Å². The topological polar surface area (TPSA) is 99.7 Å². The van der Waals surface area contributed by atoms with Crippen LogP contribution in [0.15, 0.2) is 28.0 Å². The predicted molar refractivity (Wildman–Crippen MR) is 70.3 cm³/mol. The van der Waals surface area contributed by atoms with Crippen molar-refractivity contribution in [2.24, 2.45) is 10.9 Å². The molecule has 4 N–H and O–H groups in total. The molecular formula is C12H16N4O2. The highest BCUT2D eigenvalue weighted by atomic mass is 16.5. The van der Waals surface area contributed by atoms with Crippen LogP contribution in [0.25, 0.3) is 11.0 Å². The summed E-state index contributed by atoms with van der Waals surface area (Å²) >= 11 is 0. The summed E-state index contributed by atoms with van der Waals surface area (Å²) in [6, 6.07) is 1.81. The summed E-state index contributed by atoms with van der Waals surface area (Å²) < 4.78 is 10.6. The van der Waals surface area contributed by atoms with Gasteiger partial charge in [0.05, 0.1) is 11.9 Å². The molecule has 2 heterocycles. The van der Waals surface area contributed by atoms with Gasteiger partial charge in [0.15, 0.2) is 11.3 Å². The molecule has 0 bridgehead atoms. The average molecular weight is 248 g/mol. The summed E-state index contributed by atoms with van der Waals surface area (Å²) in [5.41, 5.74) is 7.86. The van der Waals surface area contributed by atoms with E-state index in [0.717, 1.165) is 11.8 Å². The highest BCUT2D eigenvalue weighted by Crippen LogP contribution is 2.28. The minimum absolute atomic E-state index is 0.525. The molecule has 0 atom stereocenters. The van der Waals surface area contributed by atoms with Crippen LogP contribution in [0.2, 0.25) is 0 Å². The summed E-state index contributed by atoms with van der Waals surface area (Å²) in [5, 5.41) is 4.58. The lowest BCUT2D eigenvalue weighted by Gasteiger charge is -2.02. The zero-order chi connectivity index (χ0) is 13.0. The summed E-state index contributed by atoms with van der Waals surface area (Å²) in [6.07, 6.45) is 4.75. The van der Waals surface area contributed by atoms with Crippen molar-refractivity contribution in [2.75, 3.05) is 19.5 Å². The molecule has 0 aliphatic heterocycles.